The minimum Gasteiger partial charge on any atom is -0.313 e. The quantitative estimate of drug-likeness (QED) is 0.819. The average Bonchev–Trinajstić information content (AvgIpc) is 2.25. The molecule has 1 rings (SSSR count). The Balaban J connectivity index is 2.45. The fourth-order valence-corrected chi connectivity index (χ4v) is 1.64. The minimum atomic E-state index is -0.163. The monoisotopic (exact) mass is 238 g/mol. The predicted octanol–water partition coefficient (Wildman–Crippen LogP) is 2.64. The van der Waals surface area contributed by atoms with Crippen LogP contribution in [-0.4, -0.2) is 30.6 Å². The van der Waals surface area contributed by atoms with Crippen LogP contribution in [-0.2, 0) is 6.54 Å². The first-order valence-electron chi connectivity index (χ1n) is 6.17. The molecule has 0 saturated heterocycles. The Morgan fingerprint density at radius 1 is 1.29 bits per heavy atom. The fourth-order valence-electron chi connectivity index (χ4n) is 1.64. The molecule has 17 heavy (non-hydrogen) atoms. The standard InChI is InChI=1S/C14H23FN2/c1-11(2)16-9-12(3)17(4)10-13-6-5-7-14(15)8-13/h5-8,11-12,16H,9-10H2,1-4H3. The maximum Gasteiger partial charge on any atom is 0.123 e. The van der Waals surface area contributed by atoms with E-state index in [1.54, 1.807) is 12.1 Å². The number of likely N-dealkylation sites (N-methyl/N-ethyl adjacent to an activating group) is 1. The molecular weight excluding hydrogens is 215 g/mol. The Morgan fingerprint density at radius 2 is 2.00 bits per heavy atom. The van der Waals surface area contributed by atoms with Crippen molar-refractivity contribution in [2.45, 2.75) is 39.4 Å². The molecule has 0 heterocycles. The summed E-state index contributed by atoms with van der Waals surface area (Å²) in [5.74, 6) is -0.163. The van der Waals surface area contributed by atoms with Gasteiger partial charge in [0, 0.05) is 25.2 Å². The van der Waals surface area contributed by atoms with E-state index >= 15 is 0 Å². The number of halogens is 1. The first-order chi connectivity index (χ1) is 7.99. The highest BCUT2D eigenvalue weighted by Crippen LogP contribution is 2.08. The molecule has 0 aliphatic carbocycles. The molecule has 1 aromatic rings. The van der Waals surface area contributed by atoms with Crippen LogP contribution in [0, 0.1) is 5.82 Å². The normalized spacial score (nSPS) is 13.4. The summed E-state index contributed by atoms with van der Waals surface area (Å²) in [6, 6.07) is 7.73. The summed E-state index contributed by atoms with van der Waals surface area (Å²) in [6.45, 7) is 8.18. The number of hydrogen-bond acceptors (Lipinski definition) is 2. The summed E-state index contributed by atoms with van der Waals surface area (Å²) in [7, 11) is 2.07. The molecule has 0 aliphatic heterocycles. The van der Waals surface area contributed by atoms with Crippen molar-refractivity contribution in [3.63, 3.8) is 0 Å². The van der Waals surface area contributed by atoms with Gasteiger partial charge in [-0.15, -0.1) is 0 Å². The zero-order valence-electron chi connectivity index (χ0n) is 11.2. The lowest BCUT2D eigenvalue weighted by molar-refractivity contribution is 0.239. The Morgan fingerprint density at radius 3 is 2.59 bits per heavy atom. The molecule has 1 atom stereocenters. The largest absolute Gasteiger partial charge is 0.313 e. The molecule has 1 aromatic carbocycles. The van der Waals surface area contributed by atoms with Gasteiger partial charge in [-0.3, -0.25) is 4.90 Å². The van der Waals surface area contributed by atoms with E-state index < -0.39 is 0 Å². The second-order valence-electron chi connectivity index (χ2n) is 4.96. The van der Waals surface area contributed by atoms with Crippen molar-refractivity contribution < 1.29 is 4.39 Å². The highest BCUT2D eigenvalue weighted by Gasteiger charge is 2.10. The molecule has 0 amide bonds. The van der Waals surface area contributed by atoms with Crippen LogP contribution in [0.15, 0.2) is 24.3 Å². The van der Waals surface area contributed by atoms with Gasteiger partial charge >= 0.3 is 0 Å². The molecule has 96 valence electrons. The molecule has 0 saturated carbocycles. The molecule has 0 bridgehead atoms. The van der Waals surface area contributed by atoms with E-state index in [1.807, 2.05) is 6.07 Å². The molecule has 1 unspecified atom stereocenters. The molecule has 0 fully saturated rings. The van der Waals surface area contributed by atoms with Crippen molar-refractivity contribution in [1.82, 2.24) is 10.2 Å². The van der Waals surface area contributed by atoms with Crippen molar-refractivity contribution in [1.29, 1.82) is 0 Å². The van der Waals surface area contributed by atoms with Gasteiger partial charge in [0.05, 0.1) is 0 Å². The maximum absolute atomic E-state index is 13.0. The second kappa shape index (κ2) is 6.72. The molecule has 3 heteroatoms. The predicted molar refractivity (Wildman–Crippen MR) is 70.5 cm³/mol. The zero-order chi connectivity index (χ0) is 12.8. The Hall–Kier alpha value is -0.930. The molecule has 0 aliphatic rings. The van der Waals surface area contributed by atoms with Crippen molar-refractivity contribution in [2.75, 3.05) is 13.6 Å². The van der Waals surface area contributed by atoms with Crippen LogP contribution in [0.5, 0.6) is 0 Å². The van der Waals surface area contributed by atoms with Gasteiger partial charge < -0.3 is 5.32 Å². The van der Waals surface area contributed by atoms with E-state index in [2.05, 4.69) is 38.0 Å². The van der Waals surface area contributed by atoms with Gasteiger partial charge in [-0.25, -0.2) is 4.39 Å². The SMILES string of the molecule is CC(C)NCC(C)N(C)Cc1cccc(F)c1. The van der Waals surface area contributed by atoms with Gasteiger partial charge in [-0.05, 0) is 31.7 Å². The lowest BCUT2D eigenvalue weighted by Gasteiger charge is -2.26. The van der Waals surface area contributed by atoms with E-state index in [0.717, 1.165) is 18.7 Å². The smallest absolute Gasteiger partial charge is 0.123 e. The maximum atomic E-state index is 13.0. The summed E-state index contributed by atoms with van der Waals surface area (Å²) in [4.78, 5) is 2.23. The lowest BCUT2D eigenvalue weighted by Crippen LogP contribution is -2.39. The fraction of sp³-hybridized carbons (Fsp3) is 0.571. The van der Waals surface area contributed by atoms with Gasteiger partial charge in [0.2, 0.25) is 0 Å². The number of benzene rings is 1. The van der Waals surface area contributed by atoms with Crippen LogP contribution in [0.25, 0.3) is 0 Å². The minimum absolute atomic E-state index is 0.163. The van der Waals surface area contributed by atoms with Crippen LogP contribution in [0.1, 0.15) is 26.3 Å². The Bertz CT molecular complexity index is 339. The van der Waals surface area contributed by atoms with E-state index in [-0.39, 0.29) is 5.82 Å². The molecular formula is C14H23FN2. The highest BCUT2D eigenvalue weighted by molar-refractivity contribution is 5.16. The van der Waals surface area contributed by atoms with Crippen LogP contribution < -0.4 is 5.32 Å². The summed E-state index contributed by atoms with van der Waals surface area (Å²) < 4.78 is 13.0. The van der Waals surface area contributed by atoms with Crippen molar-refractivity contribution in [3.8, 4) is 0 Å². The molecule has 1 N–H and O–H groups in total. The van der Waals surface area contributed by atoms with E-state index in [9.17, 15) is 4.39 Å². The van der Waals surface area contributed by atoms with Crippen molar-refractivity contribution >= 4 is 0 Å². The highest BCUT2D eigenvalue weighted by atomic mass is 19.1. The van der Waals surface area contributed by atoms with E-state index in [1.165, 1.54) is 6.07 Å². The molecule has 2 nitrogen and oxygen atoms in total. The second-order valence-corrected chi connectivity index (χ2v) is 4.96. The van der Waals surface area contributed by atoms with Gasteiger partial charge in [0.25, 0.3) is 0 Å². The lowest BCUT2D eigenvalue weighted by atomic mass is 10.2. The number of nitrogens with zero attached hydrogens (tertiary/aromatic N) is 1. The van der Waals surface area contributed by atoms with Crippen molar-refractivity contribution in [3.05, 3.63) is 35.6 Å². The summed E-state index contributed by atoms with van der Waals surface area (Å²) >= 11 is 0. The third-order valence-electron chi connectivity index (χ3n) is 2.89. The Labute approximate surface area is 104 Å². The van der Waals surface area contributed by atoms with Gasteiger partial charge in [-0.2, -0.15) is 0 Å². The third kappa shape index (κ3) is 5.29. The summed E-state index contributed by atoms with van der Waals surface area (Å²) in [5, 5.41) is 3.41. The van der Waals surface area contributed by atoms with E-state index in [0.29, 0.717) is 12.1 Å². The van der Waals surface area contributed by atoms with Gasteiger partial charge in [-0.1, -0.05) is 26.0 Å². The van der Waals surface area contributed by atoms with E-state index in [4.69, 9.17) is 0 Å². The molecule has 0 aromatic heterocycles. The molecule has 0 spiro atoms. The first kappa shape index (κ1) is 14.1. The first-order valence-corrected chi connectivity index (χ1v) is 6.17. The van der Waals surface area contributed by atoms with Gasteiger partial charge in [0.1, 0.15) is 5.82 Å². The van der Waals surface area contributed by atoms with Crippen molar-refractivity contribution in [2.24, 2.45) is 0 Å². The molecule has 0 radical (unpaired) electrons. The summed E-state index contributed by atoms with van der Waals surface area (Å²) in [5.41, 5.74) is 1.02. The Kier molecular flexibility index (Phi) is 5.59. The van der Waals surface area contributed by atoms with Crippen LogP contribution in [0.2, 0.25) is 0 Å². The number of rotatable bonds is 6. The topological polar surface area (TPSA) is 15.3 Å². The summed E-state index contributed by atoms with van der Waals surface area (Å²) in [6.07, 6.45) is 0. The third-order valence-corrected chi connectivity index (χ3v) is 2.89. The van der Waals surface area contributed by atoms with Crippen LogP contribution >= 0.6 is 0 Å². The van der Waals surface area contributed by atoms with Crippen LogP contribution in [0.4, 0.5) is 4.39 Å². The van der Waals surface area contributed by atoms with Crippen LogP contribution in [0.3, 0.4) is 0 Å². The number of hydrogen-bond donors (Lipinski definition) is 1. The number of nitrogens with one attached hydrogen (secondary N) is 1. The average molecular weight is 238 g/mol. The van der Waals surface area contributed by atoms with Gasteiger partial charge in [0.15, 0.2) is 0 Å². The zero-order valence-corrected chi connectivity index (χ0v) is 11.2.